The van der Waals surface area contributed by atoms with Gasteiger partial charge in [0, 0.05) is 14.2 Å². The number of hydrogen-bond donors (Lipinski definition) is 0. The van der Waals surface area contributed by atoms with Crippen LogP contribution in [0.25, 0.3) is 0 Å². The van der Waals surface area contributed by atoms with Gasteiger partial charge in [-0.15, -0.1) is 0 Å². The zero-order valence-corrected chi connectivity index (χ0v) is 12.7. The molecule has 0 N–H and O–H groups in total. The summed E-state index contributed by atoms with van der Waals surface area (Å²) < 4.78 is 17.4. The van der Waals surface area contributed by atoms with Gasteiger partial charge in [-0.1, -0.05) is 30.3 Å². The molecular weight excluding hydrogens is 256 g/mol. The molecule has 3 atom stereocenters. The number of fused-ring (bicyclic) bond motifs is 1. The molecule has 3 unspecified atom stereocenters. The van der Waals surface area contributed by atoms with Gasteiger partial charge >= 0.3 is 8.56 Å². The standard InChI is InChI=1S/C15H22O3Si/c1-16-19(17-2,13-6-4-3-5-7-13)11-12-8-9-14-15(10-12)18-14/h3-7,12,14-15H,8-11H2,1-2H3. The first-order valence-corrected chi connectivity index (χ1v) is 9.11. The van der Waals surface area contributed by atoms with Crippen LogP contribution in [0.2, 0.25) is 6.04 Å². The van der Waals surface area contributed by atoms with Gasteiger partial charge in [-0.05, 0) is 36.4 Å². The van der Waals surface area contributed by atoms with Crippen molar-refractivity contribution in [1.82, 2.24) is 0 Å². The molecule has 1 aromatic rings. The molecule has 0 aromatic heterocycles. The summed E-state index contributed by atoms with van der Waals surface area (Å²) in [6.45, 7) is 0. The molecule has 1 aliphatic heterocycles. The minimum Gasteiger partial charge on any atom is -0.394 e. The summed E-state index contributed by atoms with van der Waals surface area (Å²) in [5.41, 5.74) is 0. The first kappa shape index (κ1) is 13.3. The number of rotatable bonds is 5. The predicted octanol–water partition coefficient (Wildman–Crippen LogP) is 2.20. The van der Waals surface area contributed by atoms with Crippen LogP contribution in [0.4, 0.5) is 0 Å². The van der Waals surface area contributed by atoms with Crippen molar-refractivity contribution in [3.05, 3.63) is 30.3 Å². The molecular formula is C15H22O3Si. The summed E-state index contributed by atoms with van der Waals surface area (Å²) in [5, 5.41) is 1.24. The lowest BCUT2D eigenvalue weighted by atomic mass is 9.91. The van der Waals surface area contributed by atoms with Crippen LogP contribution in [0.1, 0.15) is 19.3 Å². The highest BCUT2D eigenvalue weighted by Crippen LogP contribution is 2.42. The maximum atomic E-state index is 5.90. The highest BCUT2D eigenvalue weighted by atomic mass is 28.4. The van der Waals surface area contributed by atoms with Crippen LogP contribution < -0.4 is 5.19 Å². The van der Waals surface area contributed by atoms with E-state index in [1.807, 2.05) is 6.07 Å². The minimum absolute atomic E-state index is 0.523. The zero-order chi connectivity index (χ0) is 13.3. The van der Waals surface area contributed by atoms with Crippen molar-refractivity contribution < 1.29 is 13.6 Å². The smallest absolute Gasteiger partial charge is 0.372 e. The summed E-state index contributed by atoms with van der Waals surface area (Å²) in [4.78, 5) is 0. The van der Waals surface area contributed by atoms with Crippen LogP contribution in [0, 0.1) is 5.92 Å². The minimum atomic E-state index is -2.27. The summed E-state index contributed by atoms with van der Waals surface area (Å²) in [6, 6.07) is 11.5. The van der Waals surface area contributed by atoms with Gasteiger partial charge in [-0.3, -0.25) is 0 Å². The van der Waals surface area contributed by atoms with Gasteiger partial charge in [-0.25, -0.2) is 0 Å². The highest BCUT2D eigenvalue weighted by Gasteiger charge is 2.48. The third-order valence-corrected chi connectivity index (χ3v) is 8.19. The second-order valence-corrected chi connectivity index (χ2v) is 8.93. The third kappa shape index (κ3) is 2.63. The Morgan fingerprint density at radius 1 is 1.11 bits per heavy atom. The maximum Gasteiger partial charge on any atom is 0.372 e. The molecule has 0 spiro atoms. The van der Waals surface area contributed by atoms with Gasteiger partial charge in [0.15, 0.2) is 0 Å². The van der Waals surface area contributed by atoms with Crippen LogP contribution in [0.15, 0.2) is 30.3 Å². The average Bonchev–Trinajstić information content (AvgIpc) is 3.24. The molecule has 0 bridgehead atoms. The van der Waals surface area contributed by atoms with Crippen LogP contribution in [-0.2, 0) is 13.6 Å². The quantitative estimate of drug-likeness (QED) is 0.611. The molecule has 19 heavy (non-hydrogen) atoms. The lowest BCUT2D eigenvalue weighted by Crippen LogP contribution is -2.53. The van der Waals surface area contributed by atoms with E-state index in [9.17, 15) is 0 Å². The Hall–Kier alpha value is -0.683. The maximum absolute atomic E-state index is 5.90. The molecule has 104 valence electrons. The first-order chi connectivity index (χ1) is 9.27. The van der Waals surface area contributed by atoms with E-state index in [1.165, 1.54) is 24.4 Å². The molecule has 0 amide bonds. The lowest BCUT2D eigenvalue weighted by molar-refractivity contribution is 0.243. The number of epoxide rings is 1. The Labute approximate surface area is 116 Å². The third-order valence-electron chi connectivity index (χ3n) is 4.54. The van der Waals surface area contributed by atoms with E-state index in [1.54, 1.807) is 14.2 Å². The fourth-order valence-electron chi connectivity index (χ4n) is 3.35. The Morgan fingerprint density at radius 3 is 2.47 bits per heavy atom. The topological polar surface area (TPSA) is 31.0 Å². The number of ether oxygens (including phenoxy) is 1. The molecule has 1 saturated heterocycles. The number of hydrogen-bond acceptors (Lipinski definition) is 3. The average molecular weight is 278 g/mol. The van der Waals surface area contributed by atoms with Crippen LogP contribution in [0.5, 0.6) is 0 Å². The molecule has 1 aliphatic carbocycles. The molecule has 4 heteroatoms. The van der Waals surface area contributed by atoms with E-state index in [0.717, 1.165) is 6.04 Å². The van der Waals surface area contributed by atoms with Gasteiger partial charge in [-0.2, -0.15) is 0 Å². The van der Waals surface area contributed by atoms with E-state index in [0.29, 0.717) is 18.1 Å². The Bertz CT molecular complexity index is 419. The van der Waals surface area contributed by atoms with Crippen molar-refractivity contribution in [2.24, 2.45) is 5.92 Å². The Kier molecular flexibility index (Phi) is 3.76. The van der Waals surface area contributed by atoms with Gasteiger partial charge in [0.05, 0.1) is 12.2 Å². The molecule has 2 aliphatic rings. The van der Waals surface area contributed by atoms with Gasteiger partial charge < -0.3 is 13.6 Å². The molecule has 3 nitrogen and oxygen atoms in total. The molecule has 1 aromatic carbocycles. The molecule has 1 saturated carbocycles. The monoisotopic (exact) mass is 278 g/mol. The van der Waals surface area contributed by atoms with E-state index < -0.39 is 8.56 Å². The van der Waals surface area contributed by atoms with E-state index >= 15 is 0 Å². The van der Waals surface area contributed by atoms with Crippen LogP contribution in [0.3, 0.4) is 0 Å². The second kappa shape index (κ2) is 5.36. The second-order valence-electron chi connectivity index (χ2n) is 5.62. The fraction of sp³-hybridized carbons (Fsp3) is 0.600. The molecule has 1 heterocycles. The summed E-state index contributed by atoms with van der Waals surface area (Å²) in [6.07, 6.45) is 4.72. The largest absolute Gasteiger partial charge is 0.394 e. The highest BCUT2D eigenvalue weighted by molar-refractivity contribution is 6.81. The van der Waals surface area contributed by atoms with E-state index in [2.05, 4.69) is 24.3 Å². The first-order valence-electron chi connectivity index (χ1n) is 7.08. The molecule has 3 rings (SSSR count). The number of benzene rings is 1. The molecule has 2 fully saturated rings. The normalized spacial score (nSPS) is 29.9. The fourth-order valence-corrected chi connectivity index (χ4v) is 6.39. The lowest BCUT2D eigenvalue weighted by Gasteiger charge is -2.32. The van der Waals surface area contributed by atoms with Crippen molar-refractivity contribution in [1.29, 1.82) is 0 Å². The predicted molar refractivity (Wildman–Crippen MR) is 76.7 cm³/mol. The van der Waals surface area contributed by atoms with E-state index in [-0.39, 0.29) is 0 Å². The van der Waals surface area contributed by atoms with Crippen molar-refractivity contribution >= 4 is 13.7 Å². The van der Waals surface area contributed by atoms with Gasteiger partial charge in [0.2, 0.25) is 0 Å². The SMILES string of the molecule is CO[Si](CC1CCC2OC2C1)(OC)c1ccccc1. The van der Waals surface area contributed by atoms with Crippen LogP contribution in [-0.4, -0.2) is 35.0 Å². The summed E-state index contributed by atoms with van der Waals surface area (Å²) >= 11 is 0. The Morgan fingerprint density at radius 2 is 1.84 bits per heavy atom. The van der Waals surface area contributed by atoms with Crippen molar-refractivity contribution in [3.8, 4) is 0 Å². The van der Waals surface area contributed by atoms with Crippen molar-refractivity contribution in [3.63, 3.8) is 0 Å². The zero-order valence-electron chi connectivity index (χ0n) is 11.7. The molecule has 0 radical (unpaired) electrons. The van der Waals surface area contributed by atoms with Crippen molar-refractivity contribution in [2.75, 3.05) is 14.2 Å². The summed E-state index contributed by atoms with van der Waals surface area (Å²) in [5.74, 6) is 0.676. The van der Waals surface area contributed by atoms with Gasteiger partial charge in [0.25, 0.3) is 0 Å². The van der Waals surface area contributed by atoms with Crippen LogP contribution >= 0.6 is 0 Å². The van der Waals surface area contributed by atoms with E-state index in [4.69, 9.17) is 13.6 Å². The Balaban J connectivity index is 1.76. The van der Waals surface area contributed by atoms with Gasteiger partial charge in [0.1, 0.15) is 0 Å². The van der Waals surface area contributed by atoms with Crippen molar-refractivity contribution in [2.45, 2.75) is 37.5 Å². The summed E-state index contributed by atoms with van der Waals surface area (Å²) in [7, 11) is 1.31.